The van der Waals surface area contributed by atoms with E-state index in [9.17, 15) is 15.0 Å². The number of carbonyl (C=O) groups excluding carboxylic acids is 1. The topological polar surface area (TPSA) is 87.2 Å². The Labute approximate surface area is 167 Å². The first-order valence-electron chi connectivity index (χ1n) is 9.12. The molecule has 0 atom stereocenters. The van der Waals surface area contributed by atoms with Gasteiger partial charge >= 0.3 is 0 Å². The average molecular weight is 385 g/mol. The summed E-state index contributed by atoms with van der Waals surface area (Å²) in [5.74, 6) is -0.866. The van der Waals surface area contributed by atoms with Crippen molar-refractivity contribution in [2.45, 2.75) is 13.8 Å². The molecule has 0 aliphatic rings. The van der Waals surface area contributed by atoms with Crippen molar-refractivity contribution in [1.82, 2.24) is 4.57 Å². The molecule has 0 saturated carbocycles. The lowest BCUT2D eigenvalue weighted by molar-refractivity contribution is 0.0995. The van der Waals surface area contributed by atoms with Gasteiger partial charge in [-0.15, -0.1) is 10.2 Å². The predicted octanol–water partition coefficient (Wildman–Crippen LogP) is 5.58. The number of aromatic hydroxyl groups is 2. The summed E-state index contributed by atoms with van der Waals surface area (Å²) in [6.45, 7) is 3.81. The van der Waals surface area contributed by atoms with Crippen LogP contribution in [-0.2, 0) is 0 Å². The van der Waals surface area contributed by atoms with Crippen LogP contribution >= 0.6 is 0 Å². The zero-order valence-corrected chi connectivity index (χ0v) is 16.0. The smallest absolute Gasteiger partial charge is 0.297 e. The molecular formula is C23H19N3O3. The molecule has 144 valence electrons. The molecule has 0 spiro atoms. The van der Waals surface area contributed by atoms with Crippen molar-refractivity contribution in [3.05, 3.63) is 83.4 Å². The number of carbonyl (C=O) groups is 1. The third kappa shape index (κ3) is 3.14. The van der Waals surface area contributed by atoms with E-state index in [0.29, 0.717) is 22.1 Å². The fourth-order valence-electron chi connectivity index (χ4n) is 3.40. The summed E-state index contributed by atoms with van der Waals surface area (Å²) < 4.78 is 1.24. The largest absolute Gasteiger partial charge is 0.494 e. The first-order valence-corrected chi connectivity index (χ1v) is 9.12. The predicted molar refractivity (Wildman–Crippen MR) is 111 cm³/mol. The molecule has 1 heterocycles. The van der Waals surface area contributed by atoms with Crippen molar-refractivity contribution < 1.29 is 15.0 Å². The maximum atomic E-state index is 12.8. The number of azo groups is 1. The molecule has 6 nitrogen and oxygen atoms in total. The number of aryl methyl sites for hydroxylation is 2. The number of fused-ring (bicyclic) bond motifs is 1. The zero-order chi connectivity index (χ0) is 20.5. The van der Waals surface area contributed by atoms with Crippen LogP contribution in [0.4, 0.5) is 5.69 Å². The monoisotopic (exact) mass is 385 g/mol. The van der Waals surface area contributed by atoms with E-state index >= 15 is 0 Å². The molecule has 4 rings (SSSR count). The van der Waals surface area contributed by atoms with Crippen LogP contribution in [-0.4, -0.2) is 20.7 Å². The molecule has 0 aliphatic carbocycles. The normalized spacial score (nSPS) is 11.4. The number of nitrogens with zero attached hydrogens (tertiary/aromatic N) is 3. The molecule has 0 saturated heterocycles. The van der Waals surface area contributed by atoms with Crippen LogP contribution in [0.3, 0.4) is 0 Å². The fraction of sp³-hybridized carbons (Fsp3) is 0.0870. The number of rotatable bonds is 3. The van der Waals surface area contributed by atoms with Gasteiger partial charge in [-0.1, -0.05) is 42.5 Å². The number of aromatic nitrogens is 1. The molecule has 0 aliphatic heterocycles. The van der Waals surface area contributed by atoms with Crippen LogP contribution in [0.25, 0.3) is 16.5 Å². The van der Waals surface area contributed by atoms with Crippen molar-refractivity contribution >= 4 is 22.4 Å². The maximum absolute atomic E-state index is 12.8. The van der Waals surface area contributed by atoms with Gasteiger partial charge < -0.3 is 10.2 Å². The summed E-state index contributed by atoms with van der Waals surface area (Å²) in [4.78, 5) is 12.8. The number of benzene rings is 3. The van der Waals surface area contributed by atoms with E-state index in [1.807, 2.05) is 32.0 Å². The fourth-order valence-corrected chi connectivity index (χ4v) is 3.40. The van der Waals surface area contributed by atoms with Gasteiger partial charge in [0.1, 0.15) is 0 Å². The van der Waals surface area contributed by atoms with E-state index in [4.69, 9.17) is 0 Å². The van der Waals surface area contributed by atoms with Crippen molar-refractivity contribution in [2.24, 2.45) is 10.2 Å². The molecule has 1 amide bonds. The van der Waals surface area contributed by atoms with Crippen LogP contribution in [0.1, 0.15) is 21.5 Å². The molecular weight excluding hydrogens is 366 g/mol. The van der Waals surface area contributed by atoms with Crippen molar-refractivity contribution in [1.29, 1.82) is 0 Å². The summed E-state index contributed by atoms with van der Waals surface area (Å²) in [5, 5.41) is 30.3. The lowest BCUT2D eigenvalue weighted by Crippen LogP contribution is -2.03. The van der Waals surface area contributed by atoms with Gasteiger partial charge in [0.15, 0.2) is 0 Å². The molecule has 3 aromatic carbocycles. The first kappa shape index (κ1) is 18.4. The van der Waals surface area contributed by atoms with Crippen LogP contribution < -0.4 is 0 Å². The molecule has 0 radical (unpaired) electrons. The van der Waals surface area contributed by atoms with Crippen LogP contribution in [0.5, 0.6) is 11.8 Å². The van der Waals surface area contributed by atoms with Gasteiger partial charge in [0.05, 0.1) is 16.9 Å². The molecule has 6 heteroatoms. The summed E-state index contributed by atoms with van der Waals surface area (Å²) >= 11 is 0. The highest BCUT2D eigenvalue weighted by Gasteiger charge is 2.21. The Morgan fingerprint density at radius 1 is 0.793 bits per heavy atom. The second kappa shape index (κ2) is 7.24. The van der Waals surface area contributed by atoms with Gasteiger partial charge in [0.25, 0.3) is 5.91 Å². The Kier molecular flexibility index (Phi) is 4.60. The Balaban J connectivity index is 1.81. The maximum Gasteiger partial charge on any atom is 0.297 e. The van der Waals surface area contributed by atoms with E-state index in [2.05, 4.69) is 10.2 Å². The second-order valence-corrected chi connectivity index (χ2v) is 6.79. The van der Waals surface area contributed by atoms with Gasteiger partial charge in [-0.3, -0.25) is 4.79 Å². The summed E-state index contributed by atoms with van der Waals surface area (Å²) in [5.41, 5.74) is 3.02. The van der Waals surface area contributed by atoms with Gasteiger partial charge in [-0.25, -0.2) is 4.57 Å². The van der Waals surface area contributed by atoms with Gasteiger partial charge in [-0.2, -0.15) is 0 Å². The summed E-state index contributed by atoms with van der Waals surface area (Å²) in [7, 11) is 0. The molecule has 4 aromatic rings. The van der Waals surface area contributed by atoms with E-state index in [1.54, 1.807) is 48.5 Å². The highest BCUT2D eigenvalue weighted by atomic mass is 16.3. The zero-order valence-electron chi connectivity index (χ0n) is 16.0. The van der Waals surface area contributed by atoms with Gasteiger partial charge in [-0.05, 0) is 49.2 Å². The van der Waals surface area contributed by atoms with Crippen LogP contribution in [0.15, 0.2) is 77.0 Å². The van der Waals surface area contributed by atoms with Crippen LogP contribution in [0, 0.1) is 13.8 Å². The lowest BCUT2D eigenvalue weighted by atomic mass is 10.1. The molecule has 0 fully saturated rings. The SMILES string of the molecule is Cc1cccc(C)c1N=NC(=O)c1ccccc1-n1c(O)c2ccccc2c1O. The minimum Gasteiger partial charge on any atom is -0.494 e. The molecule has 0 bridgehead atoms. The molecule has 2 N–H and O–H groups in total. The van der Waals surface area contributed by atoms with E-state index in [0.717, 1.165) is 11.1 Å². The van der Waals surface area contributed by atoms with Crippen molar-refractivity contribution in [3.8, 4) is 17.4 Å². The van der Waals surface area contributed by atoms with Crippen LogP contribution in [0.2, 0.25) is 0 Å². The molecule has 29 heavy (non-hydrogen) atoms. The highest BCUT2D eigenvalue weighted by molar-refractivity contribution is 6.00. The van der Waals surface area contributed by atoms with E-state index in [1.165, 1.54) is 4.57 Å². The number of hydrogen-bond donors (Lipinski definition) is 2. The number of amides is 1. The Bertz CT molecular complexity index is 1210. The van der Waals surface area contributed by atoms with Crippen molar-refractivity contribution in [3.63, 3.8) is 0 Å². The van der Waals surface area contributed by atoms with Gasteiger partial charge in [0, 0.05) is 10.8 Å². The minimum atomic E-state index is -0.570. The Morgan fingerprint density at radius 3 is 1.97 bits per heavy atom. The molecule has 0 unspecified atom stereocenters. The average Bonchev–Trinajstić information content (AvgIpc) is 2.98. The quantitative estimate of drug-likeness (QED) is 0.451. The Morgan fingerprint density at radius 2 is 1.34 bits per heavy atom. The summed E-state index contributed by atoms with van der Waals surface area (Å²) in [6, 6.07) is 19.3. The third-order valence-electron chi connectivity index (χ3n) is 4.89. The second-order valence-electron chi connectivity index (χ2n) is 6.79. The minimum absolute atomic E-state index is 0.148. The Hall–Kier alpha value is -3.93. The third-order valence-corrected chi connectivity index (χ3v) is 4.89. The van der Waals surface area contributed by atoms with Gasteiger partial charge in [0.2, 0.25) is 11.8 Å². The first-order chi connectivity index (χ1) is 14.0. The highest BCUT2D eigenvalue weighted by Crippen LogP contribution is 2.39. The summed E-state index contributed by atoms with van der Waals surface area (Å²) in [6.07, 6.45) is 0. The molecule has 1 aromatic heterocycles. The number of para-hydroxylation sites is 1. The van der Waals surface area contributed by atoms with E-state index in [-0.39, 0.29) is 17.3 Å². The van der Waals surface area contributed by atoms with E-state index < -0.39 is 5.91 Å². The number of hydrogen-bond acceptors (Lipinski definition) is 4. The van der Waals surface area contributed by atoms with Crippen molar-refractivity contribution in [2.75, 3.05) is 0 Å². The lowest BCUT2D eigenvalue weighted by Gasteiger charge is -2.10. The standard InChI is InChI=1S/C23H19N3O3/c1-14-8-7-9-15(2)20(14)24-25-21(27)18-12-5-6-13-19(18)26-22(28)16-10-3-4-11-17(16)23(26)29/h3-13,28-29H,1-2H3.